The molecule has 0 bridgehead atoms. The molecule has 96 valence electrons. The van der Waals surface area contributed by atoms with Gasteiger partial charge in [-0.05, 0) is 24.1 Å². The van der Waals surface area contributed by atoms with Crippen molar-refractivity contribution in [3.05, 3.63) is 45.5 Å². The van der Waals surface area contributed by atoms with Gasteiger partial charge in [0.2, 0.25) is 5.89 Å². The van der Waals surface area contributed by atoms with E-state index in [0.717, 1.165) is 5.56 Å². The van der Waals surface area contributed by atoms with Gasteiger partial charge in [-0.15, -0.1) is 0 Å². The van der Waals surface area contributed by atoms with Crippen LogP contribution in [0.4, 0.5) is 0 Å². The molecule has 6 heteroatoms. The van der Waals surface area contributed by atoms with Gasteiger partial charge in [-0.1, -0.05) is 34.4 Å². The molecule has 18 heavy (non-hydrogen) atoms. The number of aliphatic hydroxyl groups is 1. The number of hydrogen-bond acceptors (Lipinski definition) is 4. The first kappa shape index (κ1) is 13.3. The van der Waals surface area contributed by atoms with Crippen molar-refractivity contribution in [2.45, 2.75) is 19.3 Å². The third-order valence-corrected chi connectivity index (χ3v) is 3.16. The molecule has 2 rings (SSSR count). The lowest BCUT2D eigenvalue weighted by atomic mass is 10.1. The van der Waals surface area contributed by atoms with E-state index in [0.29, 0.717) is 41.0 Å². The minimum atomic E-state index is 0.105. The lowest BCUT2D eigenvalue weighted by Crippen LogP contribution is -1.94. The Morgan fingerprint density at radius 3 is 2.61 bits per heavy atom. The lowest BCUT2D eigenvalue weighted by Gasteiger charge is -2.02. The van der Waals surface area contributed by atoms with Gasteiger partial charge >= 0.3 is 0 Å². The van der Waals surface area contributed by atoms with E-state index in [4.69, 9.17) is 32.8 Å². The van der Waals surface area contributed by atoms with E-state index >= 15 is 0 Å². The number of aliphatic hydroxyl groups excluding tert-OH is 1. The van der Waals surface area contributed by atoms with Crippen LogP contribution in [-0.2, 0) is 12.8 Å². The Hall–Kier alpha value is -1.10. The molecule has 1 N–H and O–H groups in total. The van der Waals surface area contributed by atoms with Crippen LogP contribution in [0.2, 0.25) is 10.0 Å². The highest BCUT2D eigenvalue weighted by atomic mass is 35.5. The molecule has 0 aliphatic carbocycles. The average molecular weight is 287 g/mol. The molecule has 0 atom stereocenters. The molecule has 0 saturated heterocycles. The summed E-state index contributed by atoms with van der Waals surface area (Å²) in [6.45, 7) is 0.105. The average Bonchev–Trinajstić information content (AvgIpc) is 2.79. The molecule has 0 fully saturated rings. The molecule has 4 nitrogen and oxygen atoms in total. The number of rotatable bonds is 5. The van der Waals surface area contributed by atoms with Crippen molar-refractivity contribution in [1.29, 1.82) is 0 Å². The maximum Gasteiger partial charge on any atom is 0.226 e. The van der Waals surface area contributed by atoms with Gasteiger partial charge in [0.15, 0.2) is 5.82 Å². The highest BCUT2D eigenvalue weighted by Crippen LogP contribution is 2.26. The molecule has 1 aromatic carbocycles. The van der Waals surface area contributed by atoms with Gasteiger partial charge in [-0.3, -0.25) is 0 Å². The van der Waals surface area contributed by atoms with E-state index in [9.17, 15) is 0 Å². The summed E-state index contributed by atoms with van der Waals surface area (Å²) in [5, 5.41) is 13.8. The third-order valence-electron chi connectivity index (χ3n) is 2.46. The molecule has 0 aliphatic heterocycles. The first-order valence-corrected chi connectivity index (χ1v) is 6.31. The zero-order valence-electron chi connectivity index (χ0n) is 9.57. The number of aromatic nitrogens is 2. The van der Waals surface area contributed by atoms with Gasteiger partial charge in [-0.25, -0.2) is 0 Å². The Morgan fingerprint density at radius 1 is 1.22 bits per heavy atom. The number of aryl methyl sites for hydroxylation is 1. The van der Waals surface area contributed by atoms with Crippen LogP contribution >= 0.6 is 23.2 Å². The Labute approximate surface area is 115 Å². The van der Waals surface area contributed by atoms with E-state index in [1.54, 1.807) is 18.2 Å². The molecular weight excluding hydrogens is 275 g/mol. The van der Waals surface area contributed by atoms with Crippen molar-refractivity contribution in [3.8, 4) is 0 Å². The van der Waals surface area contributed by atoms with Crippen LogP contribution in [0.3, 0.4) is 0 Å². The summed E-state index contributed by atoms with van der Waals surface area (Å²) in [6.07, 6.45) is 1.61. The molecule has 1 aromatic heterocycles. The van der Waals surface area contributed by atoms with Crippen LogP contribution in [0.25, 0.3) is 0 Å². The summed E-state index contributed by atoms with van der Waals surface area (Å²) in [7, 11) is 0. The van der Waals surface area contributed by atoms with Crippen molar-refractivity contribution >= 4 is 23.2 Å². The normalized spacial score (nSPS) is 10.8. The Morgan fingerprint density at radius 2 is 1.94 bits per heavy atom. The molecule has 0 unspecified atom stereocenters. The van der Waals surface area contributed by atoms with Gasteiger partial charge in [-0.2, -0.15) is 4.98 Å². The largest absolute Gasteiger partial charge is 0.396 e. The van der Waals surface area contributed by atoms with Gasteiger partial charge in [0, 0.05) is 29.5 Å². The second-order valence-electron chi connectivity index (χ2n) is 3.81. The second kappa shape index (κ2) is 6.18. The minimum Gasteiger partial charge on any atom is -0.396 e. The van der Waals surface area contributed by atoms with Crippen LogP contribution in [-0.4, -0.2) is 21.9 Å². The topological polar surface area (TPSA) is 59.2 Å². The Balaban J connectivity index is 2.11. The number of hydrogen-bond donors (Lipinski definition) is 1. The molecule has 0 aliphatic rings. The first-order chi connectivity index (χ1) is 8.70. The summed E-state index contributed by atoms with van der Waals surface area (Å²) >= 11 is 12.1. The number of benzene rings is 1. The van der Waals surface area contributed by atoms with Gasteiger partial charge in [0.25, 0.3) is 0 Å². The van der Waals surface area contributed by atoms with Gasteiger partial charge < -0.3 is 9.63 Å². The molecule has 0 saturated carbocycles. The van der Waals surface area contributed by atoms with Crippen molar-refractivity contribution < 1.29 is 9.63 Å². The van der Waals surface area contributed by atoms with E-state index in [-0.39, 0.29) is 6.61 Å². The zero-order valence-corrected chi connectivity index (χ0v) is 11.1. The van der Waals surface area contributed by atoms with Crippen LogP contribution in [0.1, 0.15) is 23.7 Å². The van der Waals surface area contributed by atoms with Crippen LogP contribution in [0.5, 0.6) is 0 Å². The third kappa shape index (κ3) is 3.22. The zero-order chi connectivity index (χ0) is 13.0. The highest BCUT2D eigenvalue weighted by molar-refractivity contribution is 6.36. The number of halogens is 2. The SMILES string of the molecule is OCCCc1nc(Cc2c(Cl)cccc2Cl)no1. The fourth-order valence-electron chi connectivity index (χ4n) is 1.55. The summed E-state index contributed by atoms with van der Waals surface area (Å²) < 4.78 is 5.06. The highest BCUT2D eigenvalue weighted by Gasteiger charge is 2.11. The Kier molecular flexibility index (Phi) is 4.58. The molecule has 0 radical (unpaired) electrons. The first-order valence-electron chi connectivity index (χ1n) is 5.56. The van der Waals surface area contributed by atoms with E-state index in [1.165, 1.54) is 0 Å². The fourth-order valence-corrected chi connectivity index (χ4v) is 2.08. The summed E-state index contributed by atoms with van der Waals surface area (Å²) in [6, 6.07) is 5.34. The van der Waals surface area contributed by atoms with E-state index in [2.05, 4.69) is 10.1 Å². The molecule has 0 spiro atoms. The Bertz CT molecular complexity index is 508. The predicted molar refractivity (Wildman–Crippen MR) is 69.0 cm³/mol. The van der Waals surface area contributed by atoms with Crippen molar-refractivity contribution in [1.82, 2.24) is 10.1 Å². The van der Waals surface area contributed by atoms with Crippen LogP contribution in [0.15, 0.2) is 22.7 Å². The minimum absolute atomic E-state index is 0.105. The van der Waals surface area contributed by atoms with Crippen LogP contribution < -0.4 is 0 Å². The summed E-state index contributed by atoms with van der Waals surface area (Å²) in [5.41, 5.74) is 0.787. The molecule has 2 aromatic rings. The molecule has 1 heterocycles. The van der Waals surface area contributed by atoms with Gasteiger partial charge in [0.05, 0.1) is 0 Å². The maximum absolute atomic E-state index is 8.72. The maximum atomic E-state index is 8.72. The van der Waals surface area contributed by atoms with Crippen molar-refractivity contribution in [3.63, 3.8) is 0 Å². The van der Waals surface area contributed by atoms with Crippen LogP contribution in [0, 0.1) is 0 Å². The number of nitrogens with zero attached hydrogens (tertiary/aromatic N) is 2. The second-order valence-corrected chi connectivity index (χ2v) is 4.62. The van der Waals surface area contributed by atoms with Crippen molar-refractivity contribution in [2.24, 2.45) is 0 Å². The molecular formula is C12H12Cl2N2O2. The predicted octanol–water partition coefficient (Wildman–Crippen LogP) is 2.89. The standard InChI is InChI=1S/C12H12Cl2N2O2/c13-9-3-1-4-10(14)8(9)7-11-15-12(18-16-11)5-2-6-17/h1,3-4,17H,2,5-7H2. The monoisotopic (exact) mass is 286 g/mol. The fraction of sp³-hybridized carbons (Fsp3) is 0.333. The van der Waals surface area contributed by atoms with E-state index < -0.39 is 0 Å². The summed E-state index contributed by atoms with van der Waals surface area (Å²) in [5.74, 6) is 1.06. The van der Waals surface area contributed by atoms with Gasteiger partial charge in [0.1, 0.15) is 0 Å². The smallest absolute Gasteiger partial charge is 0.226 e. The lowest BCUT2D eigenvalue weighted by molar-refractivity contribution is 0.278. The quantitative estimate of drug-likeness (QED) is 0.918. The van der Waals surface area contributed by atoms with Crippen molar-refractivity contribution in [2.75, 3.05) is 6.61 Å². The summed E-state index contributed by atoms with van der Waals surface area (Å²) in [4.78, 5) is 4.22. The molecule has 0 amide bonds. The van der Waals surface area contributed by atoms with E-state index in [1.807, 2.05) is 0 Å².